The third kappa shape index (κ3) is 4.39. The van der Waals surface area contributed by atoms with E-state index in [1.807, 2.05) is 19.2 Å². The van der Waals surface area contributed by atoms with Crippen LogP contribution in [0.1, 0.15) is 31.9 Å². The van der Waals surface area contributed by atoms with E-state index in [1.54, 1.807) is 6.07 Å². The molecule has 0 saturated heterocycles. The van der Waals surface area contributed by atoms with E-state index in [9.17, 15) is 4.39 Å². The van der Waals surface area contributed by atoms with E-state index in [4.69, 9.17) is 0 Å². The topological polar surface area (TPSA) is 15.3 Å². The van der Waals surface area contributed by atoms with E-state index in [0.717, 1.165) is 18.7 Å². The Hall–Kier alpha value is -0.930. The average molecular weight is 252 g/mol. The van der Waals surface area contributed by atoms with Crippen LogP contribution < -0.4 is 5.32 Å². The molecule has 0 aliphatic heterocycles. The highest BCUT2D eigenvalue weighted by Gasteiger charge is 2.16. The second kappa shape index (κ2) is 7.49. The molecular formula is C15H25FN2. The highest BCUT2D eigenvalue weighted by molar-refractivity contribution is 5.21. The Morgan fingerprint density at radius 3 is 2.50 bits per heavy atom. The summed E-state index contributed by atoms with van der Waals surface area (Å²) in [6, 6.07) is 7.04. The highest BCUT2D eigenvalue weighted by Crippen LogP contribution is 2.17. The van der Waals surface area contributed by atoms with E-state index in [-0.39, 0.29) is 11.9 Å². The standard InChI is InChI=1S/C15H25FN2/c1-5-12(2)10-18(4)11-15(17-3)13-8-6-7-9-14(13)16/h6-9,12,15,17H,5,10-11H2,1-4H3. The molecule has 1 aromatic carbocycles. The Morgan fingerprint density at radius 2 is 1.94 bits per heavy atom. The van der Waals surface area contributed by atoms with Gasteiger partial charge in [-0.1, -0.05) is 38.5 Å². The Labute approximate surface area is 110 Å². The van der Waals surface area contributed by atoms with Gasteiger partial charge in [-0.25, -0.2) is 4.39 Å². The summed E-state index contributed by atoms with van der Waals surface area (Å²) in [7, 11) is 3.98. The number of benzene rings is 1. The predicted molar refractivity (Wildman–Crippen MR) is 75.2 cm³/mol. The molecule has 18 heavy (non-hydrogen) atoms. The molecule has 1 rings (SSSR count). The summed E-state index contributed by atoms with van der Waals surface area (Å²) in [6.45, 7) is 6.31. The van der Waals surface area contributed by atoms with Crippen molar-refractivity contribution in [2.45, 2.75) is 26.3 Å². The van der Waals surface area contributed by atoms with Gasteiger partial charge in [0.25, 0.3) is 0 Å². The molecule has 1 aromatic rings. The van der Waals surface area contributed by atoms with Crippen molar-refractivity contribution in [1.29, 1.82) is 0 Å². The number of likely N-dealkylation sites (N-methyl/N-ethyl adjacent to an activating group) is 2. The summed E-state index contributed by atoms with van der Waals surface area (Å²) < 4.78 is 13.7. The Morgan fingerprint density at radius 1 is 1.28 bits per heavy atom. The quantitative estimate of drug-likeness (QED) is 0.802. The van der Waals surface area contributed by atoms with Gasteiger partial charge in [0.05, 0.1) is 0 Å². The van der Waals surface area contributed by atoms with Crippen molar-refractivity contribution in [3.63, 3.8) is 0 Å². The molecule has 2 nitrogen and oxygen atoms in total. The molecule has 0 aromatic heterocycles. The van der Waals surface area contributed by atoms with E-state index >= 15 is 0 Å². The van der Waals surface area contributed by atoms with Gasteiger partial charge in [0.1, 0.15) is 5.82 Å². The van der Waals surface area contributed by atoms with E-state index in [0.29, 0.717) is 5.92 Å². The summed E-state index contributed by atoms with van der Waals surface area (Å²) in [5, 5.41) is 3.20. The van der Waals surface area contributed by atoms with Crippen molar-refractivity contribution in [3.05, 3.63) is 35.6 Å². The van der Waals surface area contributed by atoms with Crippen molar-refractivity contribution < 1.29 is 4.39 Å². The zero-order chi connectivity index (χ0) is 13.5. The maximum atomic E-state index is 13.7. The minimum absolute atomic E-state index is 0.0419. The molecule has 0 aliphatic carbocycles. The summed E-state index contributed by atoms with van der Waals surface area (Å²) in [5.74, 6) is 0.543. The lowest BCUT2D eigenvalue weighted by molar-refractivity contribution is 0.254. The van der Waals surface area contributed by atoms with E-state index in [1.165, 1.54) is 12.5 Å². The van der Waals surface area contributed by atoms with Crippen LogP contribution in [-0.2, 0) is 0 Å². The molecule has 0 radical (unpaired) electrons. The maximum Gasteiger partial charge on any atom is 0.128 e. The molecule has 3 heteroatoms. The first-order chi connectivity index (χ1) is 8.58. The van der Waals surface area contributed by atoms with Crippen LogP contribution in [0.4, 0.5) is 4.39 Å². The van der Waals surface area contributed by atoms with Gasteiger partial charge in [-0.3, -0.25) is 0 Å². The molecule has 2 atom stereocenters. The summed E-state index contributed by atoms with van der Waals surface area (Å²) in [5.41, 5.74) is 0.746. The molecule has 0 heterocycles. The summed E-state index contributed by atoms with van der Waals surface area (Å²) >= 11 is 0. The molecule has 0 saturated carbocycles. The first-order valence-corrected chi connectivity index (χ1v) is 6.68. The van der Waals surface area contributed by atoms with Crippen LogP contribution in [0, 0.1) is 11.7 Å². The molecule has 0 spiro atoms. The Kier molecular flexibility index (Phi) is 6.30. The zero-order valence-corrected chi connectivity index (χ0v) is 11.9. The largest absolute Gasteiger partial charge is 0.312 e. The van der Waals surface area contributed by atoms with Crippen LogP contribution in [0.3, 0.4) is 0 Å². The van der Waals surface area contributed by atoms with Gasteiger partial charge in [0.2, 0.25) is 0 Å². The molecule has 1 N–H and O–H groups in total. The molecule has 0 bridgehead atoms. The number of hydrogen-bond donors (Lipinski definition) is 1. The molecule has 0 fully saturated rings. The minimum Gasteiger partial charge on any atom is -0.312 e. The van der Waals surface area contributed by atoms with Crippen molar-refractivity contribution in [2.24, 2.45) is 5.92 Å². The van der Waals surface area contributed by atoms with Crippen LogP contribution >= 0.6 is 0 Å². The Bertz CT molecular complexity index is 354. The van der Waals surface area contributed by atoms with Gasteiger partial charge in [-0.15, -0.1) is 0 Å². The van der Waals surface area contributed by atoms with Gasteiger partial charge in [-0.2, -0.15) is 0 Å². The first kappa shape index (κ1) is 15.1. The van der Waals surface area contributed by atoms with Gasteiger partial charge in [0, 0.05) is 24.7 Å². The fraction of sp³-hybridized carbons (Fsp3) is 0.600. The summed E-state index contributed by atoms with van der Waals surface area (Å²) in [6.07, 6.45) is 1.17. The van der Waals surface area contributed by atoms with Crippen molar-refractivity contribution in [1.82, 2.24) is 10.2 Å². The van der Waals surface area contributed by atoms with Crippen LogP contribution in [0.2, 0.25) is 0 Å². The van der Waals surface area contributed by atoms with Crippen molar-refractivity contribution >= 4 is 0 Å². The molecule has 102 valence electrons. The average Bonchev–Trinajstić information content (AvgIpc) is 2.36. The van der Waals surface area contributed by atoms with Crippen molar-refractivity contribution in [2.75, 3.05) is 27.2 Å². The first-order valence-electron chi connectivity index (χ1n) is 6.68. The normalized spacial score (nSPS) is 14.8. The molecule has 0 aliphatic rings. The zero-order valence-electron chi connectivity index (χ0n) is 11.9. The minimum atomic E-state index is -0.131. The van der Waals surface area contributed by atoms with Crippen LogP contribution in [0.15, 0.2) is 24.3 Å². The fourth-order valence-corrected chi connectivity index (χ4v) is 2.15. The molecule has 0 amide bonds. The number of nitrogens with one attached hydrogen (secondary N) is 1. The third-order valence-corrected chi connectivity index (χ3v) is 3.44. The van der Waals surface area contributed by atoms with Gasteiger partial charge < -0.3 is 10.2 Å². The lowest BCUT2D eigenvalue weighted by atomic mass is 10.0. The third-order valence-electron chi connectivity index (χ3n) is 3.44. The maximum absolute atomic E-state index is 13.7. The van der Waals surface area contributed by atoms with Gasteiger partial charge in [0.15, 0.2) is 0 Å². The van der Waals surface area contributed by atoms with Crippen LogP contribution in [-0.4, -0.2) is 32.1 Å². The van der Waals surface area contributed by atoms with E-state index < -0.39 is 0 Å². The number of halogens is 1. The summed E-state index contributed by atoms with van der Waals surface area (Å²) in [4.78, 5) is 2.27. The van der Waals surface area contributed by atoms with Crippen LogP contribution in [0.25, 0.3) is 0 Å². The SMILES string of the molecule is CCC(C)CN(C)CC(NC)c1ccccc1F. The molecule has 2 unspecified atom stereocenters. The monoisotopic (exact) mass is 252 g/mol. The lowest BCUT2D eigenvalue weighted by Crippen LogP contribution is -2.34. The number of hydrogen-bond acceptors (Lipinski definition) is 2. The predicted octanol–water partition coefficient (Wildman–Crippen LogP) is 3.06. The van der Waals surface area contributed by atoms with E-state index in [2.05, 4.69) is 31.1 Å². The van der Waals surface area contributed by atoms with Crippen molar-refractivity contribution in [3.8, 4) is 0 Å². The van der Waals surface area contributed by atoms with Crippen LogP contribution in [0.5, 0.6) is 0 Å². The fourth-order valence-electron chi connectivity index (χ4n) is 2.15. The van der Waals surface area contributed by atoms with Gasteiger partial charge >= 0.3 is 0 Å². The smallest absolute Gasteiger partial charge is 0.128 e. The van der Waals surface area contributed by atoms with Gasteiger partial charge in [-0.05, 0) is 26.1 Å². The lowest BCUT2D eigenvalue weighted by Gasteiger charge is -2.26. The highest BCUT2D eigenvalue weighted by atomic mass is 19.1. The second-order valence-electron chi connectivity index (χ2n) is 5.10. The number of nitrogens with zero attached hydrogens (tertiary/aromatic N) is 1. The Balaban J connectivity index is 2.65. The number of rotatable bonds is 7. The second-order valence-corrected chi connectivity index (χ2v) is 5.10. The molecular weight excluding hydrogens is 227 g/mol.